The molecule has 1 aliphatic heterocycles. The Morgan fingerprint density at radius 1 is 1.12 bits per heavy atom. The molecule has 1 aromatic rings. The Bertz CT molecular complexity index is 402. The number of benzene rings is 1. The Kier molecular flexibility index (Phi) is 3.97. The van der Waals surface area contributed by atoms with Gasteiger partial charge in [-0.3, -0.25) is 4.79 Å². The van der Waals surface area contributed by atoms with Gasteiger partial charge in [-0.1, -0.05) is 30.3 Å². The molecule has 0 amide bonds. The topological polar surface area (TPSA) is 20.3 Å². The molecule has 0 aliphatic carbocycles. The molecular formula is C15H19NO. The van der Waals surface area contributed by atoms with Gasteiger partial charge in [0.1, 0.15) is 0 Å². The first-order valence-electron chi connectivity index (χ1n) is 6.30. The van der Waals surface area contributed by atoms with E-state index in [0.29, 0.717) is 0 Å². The van der Waals surface area contributed by atoms with Crippen LogP contribution in [0.25, 0.3) is 6.08 Å². The van der Waals surface area contributed by atoms with Gasteiger partial charge in [-0.25, -0.2) is 0 Å². The molecule has 0 bridgehead atoms. The summed E-state index contributed by atoms with van der Waals surface area (Å²) in [5, 5.41) is 0. The Balaban J connectivity index is 2.22. The van der Waals surface area contributed by atoms with Crippen LogP contribution in [-0.2, 0) is 4.79 Å². The van der Waals surface area contributed by atoms with Crippen LogP contribution in [0.3, 0.4) is 0 Å². The van der Waals surface area contributed by atoms with Gasteiger partial charge in [-0.2, -0.15) is 0 Å². The smallest absolute Gasteiger partial charge is 0.175 e. The number of piperidine rings is 1. The molecule has 0 atom stereocenters. The second-order valence-corrected chi connectivity index (χ2v) is 4.54. The number of ketones is 1. The zero-order valence-electron chi connectivity index (χ0n) is 10.4. The number of carbonyl (C=O) groups is 1. The van der Waals surface area contributed by atoms with Crippen molar-refractivity contribution in [1.29, 1.82) is 0 Å². The van der Waals surface area contributed by atoms with E-state index in [9.17, 15) is 4.79 Å². The Labute approximate surface area is 103 Å². The number of hydrogen-bond acceptors (Lipinski definition) is 2. The van der Waals surface area contributed by atoms with Crippen molar-refractivity contribution in [1.82, 2.24) is 4.90 Å². The molecule has 1 aliphatic rings. The van der Waals surface area contributed by atoms with Crippen molar-refractivity contribution in [3.8, 4) is 0 Å². The van der Waals surface area contributed by atoms with Crippen LogP contribution in [0.5, 0.6) is 0 Å². The zero-order chi connectivity index (χ0) is 12.1. The predicted octanol–water partition coefficient (Wildman–Crippen LogP) is 3.10. The molecule has 2 heteroatoms. The van der Waals surface area contributed by atoms with Gasteiger partial charge >= 0.3 is 0 Å². The van der Waals surface area contributed by atoms with Gasteiger partial charge in [0.2, 0.25) is 0 Å². The van der Waals surface area contributed by atoms with E-state index in [1.165, 1.54) is 19.3 Å². The van der Waals surface area contributed by atoms with E-state index in [0.717, 1.165) is 24.4 Å². The van der Waals surface area contributed by atoms with Gasteiger partial charge in [0, 0.05) is 20.0 Å². The van der Waals surface area contributed by atoms with Crippen LogP contribution in [0.1, 0.15) is 31.7 Å². The lowest BCUT2D eigenvalue weighted by molar-refractivity contribution is -0.115. The molecule has 90 valence electrons. The molecule has 17 heavy (non-hydrogen) atoms. The highest BCUT2D eigenvalue weighted by Gasteiger charge is 2.16. The summed E-state index contributed by atoms with van der Waals surface area (Å²) in [6.07, 6.45) is 5.68. The Hall–Kier alpha value is -1.57. The highest BCUT2D eigenvalue weighted by Crippen LogP contribution is 2.18. The largest absolute Gasteiger partial charge is 0.369 e. The average Bonchev–Trinajstić information content (AvgIpc) is 2.38. The fourth-order valence-corrected chi connectivity index (χ4v) is 2.26. The predicted molar refractivity (Wildman–Crippen MR) is 70.5 cm³/mol. The fraction of sp³-hybridized carbons (Fsp3) is 0.400. The zero-order valence-corrected chi connectivity index (χ0v) is 10.4. The summed E-state index contributed by atoms with van der Waals surface area (Å²) in [7, 11) is 0. The highest BCUT2D eigenvalue weighted by molar-refractivity contribution is 5.97. The van der Waals surface area contributed by atoms with Gasteiger partial charge in [-0.15, -0.1) is 0 Å². The van der Waals surface area contributed by atoms with Crippen LogP contribution < -0.4 is 0 Å². The standard InChI is InChI=1S/C15H19NO/c1-13(17)15(16-10-6-3-7-11-16)12-14-8-4-2-5-9-14/h2,4-5,8-9,12H,3,6-7,10-11H2,1H3/b15-12+. The van der Waals surface area contributed by atoms with Crippen molar-refractivity contribution in [3.63, 3.8) is 0 Å². The van der Waals surface area contributed by atoms with Crippen LogP contribution in [0.2, 0.25) is 0 Å². The van der Waals surface area contributed by atoms with Gasteiger partial charge < -0.3 is 4.90 Å². The van der Waals surface area contributed by atoms with Gasteiger partial charge in [0.05, 0.1) is 5.70 Å². The van der Waals surface area contributed by atoms with Crippen molar-refractivity contribution in [2.24, 2.45) is 0 Å². The molecule has 2 rings (SSSR count). The first kappa shape index (κ1) is 11.9. The summed E-state index contributed by atoms with van der Waals surface area (Å²) in [6, 6.07) is 10.1. The maximum absolute atomic E-state index is 11.7. The van der Waals surface area contributed by atoms with Crippen molar-refractivity contribution in [3.05, 3.63) is 41.6 Å². The lowest BCUT2D eigenvalue weighted by Crippen LogP contribution is -2.31. The van der Waals surface area contributed by atoms with Crippen molar-refractivity contribution in [2.45, 2.75) is 26.2 Å². The lowest BCUT2D eigenvalue weighted by Gasteiger charge is -2.29. The summed E-state index contributed by atoms with van der Waals surface area (Å²) < 4.78 is 0. The second-order valence-electron chi connectivity index (χ2n) is 4.54. The summed E-state index contributed by atoms with van der Waals surface area (Å²) in [5.74, 6) is 0.163. The van der Waals surface area contributed by atoms with Crippen molar-refractivity contribution >= 4 is 11.9 Å². The molecule has 1 saturated heterocycles. The number of likely N-dealkylation sites (tertiary alicyclic amines) is 1. The second kappa shape index (κ2) is 5.67. The first-order valence-corrected chi connectivity index (χ1v) is 6.30. The maximum Gasteiger partial charge on any atom is 0.175 e. The molecule has 0 unspecified atom stereocenters. The minimum Gasteiger partial charge on any atom is -0.369 e. The van der Waals surface area contributed by atoms with Crippen LogP contribution in [-0.4, -0.2) is 23.8 Å². The highest BCUT2D eigenvalue weighted by atomic mass is 16.1. The number of rotatable bonds is 3. The molecule has 0 radical (unpaired) electrons. The van der Waals surface area contributed by atoms with E-state index < -0.39 is 0 Å². The normalized spacial score (nSPS) is 17.0. The number of nitrogens with zero attached hydrogens (tertiary/aromatic N) is 1. The van der Waals surface area contributed by atoms with E-state index >= 15 is 0 Å². The molecule has 1 aromatic carbocycles. The van der Waals surface area contributed by atoms with E-state index in [4.69, 9.17) is 0 Å². The number of carbonyl (C=O) groups excluding carboxylic acids is 1. The van der Waals surface area contributed by atoms with E-state index in [1.54, 1.807) is 6.92 Å². The summed E-state index contributed by atoms with van der Waals surface area (Å²) in [4.78, 5) is 14.0. The molecule has 0 aromatic heterocycles. The third-order valence-corrected chi connectivity index (χ3v) is 3.16. The van der Waals surface area contributed by atoms with E-state index in [1.807, 2.05) is 36.4 Å². The molecule has 0 N–H and O–H groups in total. The molecular weight excluding hydrogens is 210 g/mol. The van der Waals surface area contributed by atoms with Crippen molar-refractivity contribution in [2.75, 3.05) is 13.1 Å². The number of Topliss-reactive ketones (excluding diaryl/α,β-unsaturated/α-hetero) is 1. The third kappa shape index (κ3) is 3.19. The number of hydrogen-bond donors (Lipinski definition) is 0. The Morgan fingerprint density at radius 3 is 2.35 bits per heavy atom. The first-order chi connectivity index (χ1) is 8.27. The summed E-state index contributed by atoms with van der Waals surface area (Å²) >= 11 is 0. The quantitative estimate of drug-likeness (QED) is 0.742. The maximum atomic E-state index is 11.7. The molecule has 1 fully saturated rings. The van der Waals surface area contributed by atoms with Gasteiger partial charge in [0.15, 0.2) is 5.78 Å². The average molecular weight is 229 g/mol. The van der Waals surface area contributed by atoms with E-state index in [-0.39, 0.29) is 5.78 Å². The summed E-state index contributed by atoms with van der Waals surface area (Å²) in [6.45, 7) is 3.68. The molecule has 0 saturated carbocycles. The SMILES string of the molecule is CC(=O)/C(=C\c1ccccc1)N1CCCCC1. The van der Waals surface area contributed by atoms with Gasteiger partial charge in [0.25, 0.3) is 0 Å². The molecule has 0 spiro atoms. The van der Waals surface area contributed by atoms with Crippen LogP contribution in [0.4, 0.5) is 0 Å². The fourth-order valence-electron chi connectivity index (χ4n) is 2.26. The molecule has 2 nitrogen and oxygen atoms in total. The third-order valence-electron chi connectivity index (χ3n) is 3.16. The van der Waals surface area contributed by atoms with Crippen LogP contribution in [0, 0.1) is 0 Å². The monoisotopic (exact) mass is 229 g/mol. The summed E-state index contributed by atoms with van der Waals surface area (Å²) in [5.41, 5.74) is 1.96. The minimum atomic E-state index is 0.163. The van der Waals surface area contributed by atoms with Crippen molar-refractivity contribution < 1.29 is 4.79 Å². The van der Waals surface area contributed by atoms with E-state index in [2.05, 4.69) is 4.90 Å². The minimum absolute atomic E-state index is 0.163. The number of allylic oxidation sites excluding steroid dienone is 1. The molecule has 1 heterocycles. The Morgan fingerprint density at radius 2 is 1.76 bits per heavy atom. The van der Waals surface area contributed by atoms with Crippen LogP contribution >= 0.6 is 0 Å². The van der Waals surface area contributed by atoms with Crippen LogP contribution in [0.15, 0.2) is 36.0 Å². The van der Waals surface area contributed by atoms with Gasteiger partial charge in [-0.05, 0) is 30.9 Å². The lowest BCUT2D eigenvalue weighted by atomic mass is 10.1.